The molecule has 0 saturated carbocycles. The molecule has 0 atom stereocenters. The van der Waals surface area contributed by atoms with Crippen molar-refractivity contribution in [1.82, 2.24) is 5.32 Å². The van der Waals surface area contributed by atoms with Gasteiger partial charge in [-0.2, -0.15) is 0 Å². The van der Waals surface area contributed by atoms with Gasteiger partial charge in [-0.3, -0.25) is 19.7 Å². The minimum absolute atomic E-state index is 0.162. The Morgan fingerprint density at radius 3 is 2.43 bits per heavy atom. The summed E-state index contributed by atoms with van der Waals surface area (Å²) < 4.78 is 0. The van der Waals surface area contributed by atoms with Crippen LogP contribution in [-0.4, -0.2) is 17.7 Å². The van der Waals surface area contributed by atoms with Crippen molar-refractivity contribution in [2.75, 3.05) is 5.32 Å². The zero-order valence-corrected chi connectivity index (χ0v) is 12.8. The van der Waals surface area contributed by atoms with Gasteiger partial charge in [-0.25, -0.2) is 0 Å². The normalized spacial score (nSPS) is 12.7. The number of aryl methyl sites for hydroxylation is 1. The predicted molar refractivity (Wildman–Crippen MR) is 86.6 cm³/mol. The first kappa shape index (κ1) is 15.2. The van der Waals surface area contributed by atoms with E-state index in [4.69, 9.17) is 11.6 Å². The molecule has 0 saturated heterocycles. The van der Waals surface area contributed by atoms with Crippen LogP contribution in [0.4, 0.5) is 5.69 Å². The van der Waals surface area contributed by atoms with Crippen molar-refractivity contribution >= 4 is 35.0 Å². The Hall–Kier alpha value is -2.66. The number of fused-ring (bicyclic) bond motifs is 1. The maximum atomic E-state index is 12.0. The number of amides is 3. The molecule has 2 aromatic rings. The molecule has 5 nitrogen and oxygen atoms in total. The average molecular weight is 329 g/mol. The molecule has 2 aromatic carbocycles. The number of hydrogen-bond donors (Lipinski definition) is 2. The molecule has 2 N–H and O–H groups in total. The highest BCUT2D eigenvalue weighted by Crippen LogP contribution is 2.20. The Bertz CT molecular complexity index is 800. The molecule has 1 heterocycles. The molecular weight excluding hydrogens is 316 g/mol. The zero-order chi connectivity index (χ0) is 16.4. The molecule has 0 bridgehead atoms. The van der Waals surface area contributed by atoms with Gasteiger partial charge in [0, 0.05) is 17.1 Å². The van der Waals surface area contributed by atoms with Gasteiger partial charge in [-0.15, -0.1) is 0 Å². The summed E-state index contributed by atoms with van der Waals surface area (Å²) in [6.45, 7) is 0. The van der Waals surface area contributed by atoms with E-state index in [1.54, 1.807) is 18.2 Å². The first-order valence-corrected chi connectivity index (χ1v) is 7.45. The first-order chi connectivity index (χ1) is 11.0. The topological polar surface area (TPSA) is 75.3 Å². The summed E-state index contributed by atoms with van der Waals surface area (Å²) in [6, 6.07) is 12.0. The van der Waals surface area contributed by atoms with E-state index in [2.05, 4.69) is 10.6 Å². The lowest BCUT2D eigenvalue weighted by atomic mass is 10.1. The summed E-state index contributed by atoms with van der Waals surface area (Å²) in [4.78, 5) is 35.1. The highest BCUT2D eigenvalue weighted by atomic mass is 35.5. The van der Waals surface area contributed by atoms with Crippen LogP contribution in [0.2, 0.25) is 5.02 Å². The number of rotatable bonds is 4. The largest absolute Gasteiger partial charge is 0.326 e. The molecule has 0 radical (unpaired) electrons. The van der Waals surface area contributed by atoms with E-state index in [0.717, 1.165) is 5.56 Å². The van der Waals surface area contributed by atoms with Crippen LogP contribution in [-0.2, 0) is 11.2 Å². The van der Waals surface area contributed by atoms with Gasteiger partial charge in [0.15, 0.2) is 0 Å². The minimum atomic E-state index is -0.442. The van der Waals surface area contributed by atoms with Crippen LogP contribution in [0.15, 0.2) is 42.5 Å². The Labute approximate surface area is 137 Å². The van der Waals surface area contributed by atoms with E-state index in [1.165, 1.54) is 12.1 Å². The van der Waals surface area contributed by atoms with Gasteiger partial charge in [0.2, 0.25) is 5.91 Å². The number of hydrogen-bond acceptors (Lipinski definition) is 3. The van der Waals surface area contributed by atoms with E-state index in [9.17, 15) is 14.4 Å². The van der Waals surface area contributed by atoms with Crippen molar-refractivity contribution < 1.29 is 14.4 Å². The molecule has 6 heteroatoms. The molecule has 23 heavy (non-hydrogen) atoms. The third kappa shape index (κ3) is 3.40. The molecule has 3 rings (SSSR count). The van der Waals surface area contributed by atoms with Crippen molar-refractivity contribution in [2.24, 2.45) is 0 Å². The quantitative estimate of drug-likeness (QED) is 0.847. The van der Waals surface area contributed by atoms with E-state index in [0.29, 0.717) is 29.1 Å². The van der Waals surface area contributed by atoms with E-state index >= 15 is 0 Å². The molecule has 1 aliphatic heterocycles. The number of nitrogens with one attached hydrogen (secondary N) is 2. The third-order valence-corrected chi connectivity index (χ3v) is 3.83. The standard InChI is InChI=1S/C17H13ClN2O3/c18-11-4-1-10(2-5-11)3-8-15(21)19-12-6-7-13-14(9-12)17(23)20-16(13)22/h1-2,4-7,9H,3,8H2,(H,19,21)(H,20,22,23). The fourth-order valence-electron chi connectivity index (χ4n) is 2.38. The number of carbonyl (C=O) groups is 3. The number of halogens is 1. The second-order valence-electron chi connectivity index (χ2n) is 5.22. The Morgan fingerprint density at radius 2 is 1.70 bits per heavy atom. The molecule has 3 amide bonds. The number of carbonyl (C=O) groups excluding carboxylic acids is 3. The van der Waals surface area contributed by atoms with Crippen LogP contribution < -0.4 is 10.6 Å². The van der Waals surface area contributed by atoms with Crippen molar-refractivity contribution in [1.29, 1.82) is 0 Å². The summed E-state index contributed by atoms with van der Waals surface area (Å²) >= 11 is 5.81. The maximum Gasteiger partial charge on any atom is 0.259 e. The fourth-order valence-corrected chi connectivity index (χ4v) is 2.50. The SMILES string of the molecule is O=C(CCc1ccc(Cl)cc1)Nc1ccc2c(c1)C(=O)NC2=O. The lowest BCUT2D eigenvalue weighted by Gasteiger charge is -2.06. The van der Waals surface area contributed by atoms with Crippen LogP contribution in [0.1, 0.15) is 32.7 Å². The summed E-state index contributed by atoms with van der Waals surface area (Å²) in [5, 5.41) is 5.60. The smallest absolute Gasteiger partial charge is 0.259 e. The molecule has 1 aliphatic rings. The molecule has 0 aromatic heterocycles. The fraction of sp³-hybridized carbons (Fsp3) is 0.118. The maximum absolute atomic E-state index is 12.0. The van der Waals surface area contributed by atoms with Crippen molar-refractivity contribution in [2.45, 2.75) is 12.8 Å². The molecule has 0 aliphatic carbocycles. The first-order valence-electron chi connectivity index (χ1n) is 7.07. The summed E-state index contributed by atoms with van der Waals surface area (Å²) in [7, 11) is 0. The van der Waals surface area contributed by atoms with Crippen LogP contribution >= 0.6 is 11.6 Å². The van der Waals surface area contributed by atoms with Gasteiger partial charge >= 0.3 is 0 Å². The monoisotopic (exact) mass is 328 g/mol. The number of anilines is 1. The van der Waals surface area contributed by atoms with Gasteiger partial charge in [0.1, 0.15) is 0 Å². The van der Waals surface area contributed by atoms with Gasteiger partial charge in [-0.1, -0.05) is 23.7 Å². The zero-order valence-electron chi connectivity index (χ0n) is 12.1. The lowest BCUT2D eigenvalue weighted by molar-refractivity contribution is -0.116. The predicted octanol–water partition coefficient (Wildman–Crippen LogP) is 2.79. The van der Waals surface area contributed by atoms with Crippen LogP contribution in [0.25, 0.3) is 0 Å². The van der Waals surface area contributed by atoms with Crippen molar-refractivity contribution in [3.05, 3.63) is 64.2 Å². The summed E-state index contributed by atoms with van der Waals surface area (Å²) in [5.41, 5.74) is 2.12. The lowest BCUT2D eigenvalue weighted by Crippen LogP contribution is -2.19. The molecular formula is C17H13ClN2O3. The Kier molecular flexibility index (Phi) is 4.12. The number of benzene rings is 2. The molecule has 0 fully saturated rings. The summed E-state index contributed by atoms with van der Waals surface area (Å²) in [5.74, 6) is -1.02. The average Bonchev–Trinajstić information content (AvgIpc) is 2.81. The van der Waals surface area contributed by atoms with Crippen molar-refractivity contribution in [3.63, 3.8) is 0 Å². The minimum Gasteiger partial charge on any atom is -0.326 e. The third-order valence-electron chi connectivity index (χ3n) is 3.57. The van der Waals surface area contributed by atoms with Gasteiger partial charge < -0.3 is 5.32 Å². The molecule has 0 unspecified atom stereocenters. The van der Waals surface area contributed by atoms with Gasteiger partial charge in [0.25, 0.3) is 11.8 Å². The van der Waals surface area contributed by atoms with Gasteiger partial charge in [-0.05, 0) is 42.3 Å². The molecule has 116 valence electrons. The van der Waals surface area contributed by atoms with E-state index in [1.807, 2.05) is 12.1 Å². The second-order valence-corrected chi connectivity index (χ2v) is 5.65. The molecule has 0 spiro atoms. The Morgan fingerprint density at radius 1 is 1.00 bits per heavy atom. The highest BCUT2D eigenvalue weighted by molar-refractivity contribution is 6.30. The highest BCUT2D eigenvalue weighted by Gasteiger charge is 2.26. The van der Waals surface area contributed by atoms with Crippen molar-refractivity contribution in [3.8, 4) is 0 Å². The second kappa shape index (κ2) is 6.22. The number of imide groups is 1. The van der Waals surface area contributed by atoms with Crippen LogP contribution in [0, 0.1) is 0 Å². The van der Waals surface area contributed by atoms with Crippen LogP contribution in [0.5, 0.6) is 0 Å². The van der Waals surface area contributed by atoms with E-state index < -0.39 is 11.8 Å². The summed E-state index contributed by atoms with van der Waals surface area (Å²) in [6.07, 6.45) is 0.900. The Balaban J connectivity index is 1.62. The van der Waals surface area contributed by atoms with Crippen LogP contribution in [0.3, 0.4) is 0 Å². The van der Waals surface area contributed by atoms with Gasteiger partial charge in [0.05, 0.1) is 11.1 Å². The van der Waals surface area contributed by atoms with E-state index in [-0.39, 0.29) is 11.5 Å².